The lowest BCUT2D eigenvalue weighted by molar-refractivity contribution is 0.0856. The Morgan fingerprint density at radius 3 is 2.69 bits per heavy atom. The third kappa shape index (κ3) is 3.86. The highest BCUT2D eigenvalue weighted by atomic mass is 16.2. The first-order valence-electron chi connectivity index (χ1n) is 5.31. The van der Waals surface area contributed by atoms with Crippen LogP contribution in [-0.4, -0.2) is 36.5 Å². The quantitative estimate of drug-likeness (QED) is 0.733. The number of pyridine rings is 1. The van der Waals surface area contributed by atoms with Gasteiger partial charge in [-0.1, -0.05) is 6.92 Å². The molecule has 0 radical (unpaired) electrons. The Hall–Kier alpha value is -1.62. The van der Waals surface area contributed by atoms with Gasteiger partial charge in [0.15, 0.2) is 0 Å². The van der Waals surface area contributed by atoms with Crippen LogP contribution < -0.4 is 10.7 Å². The topological polar surface area (TPSA) is 57.3 Å². The summed E-state index contributed by atoms with van der Waals surface area (Å²) in [6, 6.07) is 3.56. The minimum Gasteiger partial charge on any atom is -0.370 e. The van der Waals surface area contributed by atoms with E-state index in [0.717, 1.165) is 18.8 Å². The van der Waals surface area contributed by atoms with E-state index < -0.39 is 0 Å². The zero-order valence-corrected chi connectivity index (χ0v) is 9.95. The third-order valence-electron chi connectivity index (χ3n) is 1.91. The van der Waals surface area contributed by atoms with Crippen LogP contribution in [0, 0.1) is 0 Å². The minimum atomic E-state index is -0.153. The van der Waals surface area contributed by atoms with Crippen molar-refractivity contribution in [3.8, 4) is 0 Å². The third-order valence-corrected chi connectivity index (χ3v) is 1.91. The van der Waals surface area contributed by atoms with Crippen LogP contribution in [-0.2, 0) is 0 Å². The molecule has 0 aliphatic heterocycles. The molecule has 0 bridgehead atoms. The summed E-state index contributed by atoms with van der Waals surface area (Å²) in [5, 5.41) is 4.75. The van der Waals surface area contributed by atoms with E-state index in [9.17, 15) is 4.79 Å². The van der Waals surface area contributed by atoms with Gasteiger partial charge < -0.3 is 5.32 Å². The summed E-state index contributed by atoms with van der Waals surface area (Å²) in [5.41, 5.74) is 3.21. The molecule has 5 heteroatoms. The highest BCUT2D eigenvalue weighted by Crippen LogP contribution is 2.04. The normalized spacial score (nSPS) is 10.2. The van der Waals surface area contributed by atoms with Crippen molar-refractivity contribution in [3.05, 3.63) is 23.9 Å². The molecule has 1 heterocycles. The Bertz CT molecular complexity index is 334. The van der Waals surface area contributed by atoms with Crippen LogP contribution in [0.5, 0.6) is 0 Å². The van der Waals surface area contributed by atoms with Gasteiger partial charge in [-0.15, -0.1) is 0 Å². The molecular weight excluding hydrogens is 204 g/mol. The Morgan fingerprint density at radius 2 is 2.19 bits per heavy atom. The van der Waals surface area contributed by atoms with Crippen LogP contribution in [0.3, 0.4) is 0 Å². The fourth-order valence-corrected chi connectivity index (χ4v) is 1.15. The summed E-state index contributed by atoms with van der Waals surface area (Å²) in [7, 11) is 3.53. The molecule has 0 aromatic carbocycles. The maximum Gasteiger partial charge on any atom is 0.267 e. The number of hydrazine groups is 1. The van der Waals surface area contributed by atoms with Gasteiger partial charge in [0.05, 0.1) is 5.56 Å². The van der Waals surface area contributed by atoms with Gasteiger partial charge >= 0.3 is 0 Å². The van der Waals surface area contributed by atoms with Crippen LogP contribution in [0.15, 0.2) is 18.3 Å². The van der Waals surface area contributed by atoms with Gasteiger partial charge in [-0.25, -0.2) is 9.99 Å². The summed E-state index contributed by atoms with van der Waals surface area (Å²) in [5.74, 6) is 0.641. The molecule has 1 rings (SSSR count). The first-order chi connectivity index (χ1) is 7.63. The van der Waals surface area contributed by atoms with Gasteiger partial charge in [0, 0.05) is 26.8 Å². The molecule has 5 nitrogen and oxygen atoms in total. The highest BCUT2D eigenvalue weighted by Gasteiger charge is 2.05. The van der Waals surface area contributed by atoms with Crippen molar-refractivity contribution in [1.82, 2.24) is 15.4 Å². The lowest BCUT2D eigenvalue weighted by Crippen LogP contribution is -2.36. The van der Waals surface area contributed by atoms with Crippen molar-refractivity contribution in [2.24, 2.45) is 0 Å². The van der Waals surface area contributed by atoms with E-state index in [2.05, 4.69) is 22.7 Å². The summed E-state index contributed by atoms with van der Waals surface area (Å²) in [6.07, 6.45) is 2.61. The number of aromatic nitrogens is 1. The maximum absolute atomic E-state index is 11.6. The maximum atomic E-state index is 11.6. The summed E-state index contributed by atoms with van der Waals surface area (Å²) < 4.78 is 0. The summed E-state index contributed by atoms with van der Waals surface area (Å²) >= 11 is 0. The Labute approximate surface area is 95.8 Å². The predicted molar refractivity (Wildman–Crippen MR) is 64.2 cm³/mol. The Kier molecular flexibility index (Phi) is 4.72. The first kappa shape index (κ1) is 12.4. The molecule has 0 unspecified atom stereocenters. The number of anilines is 1. The van der Waals surface area contributed by atoms with E-state index in [1.54, 1.807) is 37.4 Å². The summed E-state index contributed by atoms with van der Waals surface area (Å²) in [6.45, 7) is 2.97. The minimum absolute atomic E-state index is 0.153. The van der Waals surface area contributed by atoms with Crippen molar-refractivity contribution in [2.75, 3.05) is 26.0 Å². The standard InChI is InChI=1S/C11H18N4O/c1-4-7-12-10-6-5-9(8-13-10)11(16)14-15(2)3/h5-6,8H,4,7H2,1-3H3,(H,12,13)(H,14,16). The monoisotopic (exact) mass is 222 g/mol. The molecule has 0 atom stereocenters. The van der Waals surface area contributed by atoms with E-state index in [1.165, 1.54) is 0 Å². The molecule has 0 saturated heterocycles. The average molecular weight is 222 g/mol. The second-order valence-corrected chi connectivity index (χ2v) is 3.69. The highest BCUT2D eigenvalue weighted by molar-refractivity contribution is 5.93. The summed E-state index contributed by atoms with van der Waals surface area (Å²) in [4.78, 5) is 15.7. The van der Waals surface area contributed by atoms with Crippen LogP contribution in [0.2, 0.25) is 0 Å². The molecule has 0 fully saturated rings. The molecule has 1 aromatic heterocycles. The number of nitrogens with one attached hydrogen (secondary N) is 2. The van der Waals surface area contributed by atoms with Gasteiger partial charge in [-0.2, -0.15) is 0 Å². The lowest BCUT2D eigenvalue weighted by Gasteiger charge is -2.11. The van der Waals surface area contributed by atoms with Gasteiger partial charge in [-0.3, -0.25) is 10.2 Å². The number of amides is 1. The van der Waals surface area contributed by atoms with Gasteiger partial charge in [-0.05, 0) is 18.6 Å². The van der Waals surface area contributed by atoms with Crippen LogP contribution in [0.4, 0.5) is 5.82 Å². The zero-order valence-electron chi connectivity index (χ0n) is 9.95. The Balaban J connectivity index is 2.60. The van der Waals surface area contributed by atoms with Crippen LogP contribution >= 0.6 is 0 Å². The smallest absolute Gasteiger partial charge is 0.267 e. The van der Waals surface area contributed by atoms with Crippen molar-refractivity contribution < 1.29 is 4.79 Å². The number of hydrogen-bond acceptors (Lipinski definition) is 4. The zero-order chi connectivity index (χ0) is 12.0. The molecule has 1 aromatic rings. The molecule has 0 spiro atoms. The lowest BCUT2D eigenvalue weighted by atomic mass is 10.2. The molecule has 0 saturated carbocycles. The first-order valence-corrected chi connectivity index (χ1v) is 5.31. The fraction of sp³-hybridized carbons (Fsp3) is 0.455. The molecule has 1 amide bonds. The molecular formula is C11H18N4O. The van der Waals surface area contributed by atoms with Gasteiger partial charge in [0.2, 0.25) is 0 Å². The fourth-order valence-electron chi connectivity index (χ4n) is 1.15. The average Bonchev–Trinajstić information content (AvgIpc) is 2.26. The van der Waals surface area contributed by atoms with E-state index >= 15 is 0 Å². The van der Waals surface area contributed by atoms with Crippen molar-refractivity contribution in [3.63, 3.8) is 0 Å². The van der Waals surface area contributed by atoms with E-state index in [0.29, 0.717) is 5.56 Å². The van der Waals surface area contributed by atoms with E-state index in [-0.39, 0.29) is 5.91 Å². The van der Waals surface area contributed by atoms with Crippen molar-refractivity contribution in [2.45, 2.75) is 13.3 Å². The van der Waals surface area contributed by atoms with E-state index in [1.807, 2.05) is 0 Å². The molecule has 16 heavy (non-hydrogen) atoms. The number of carbonyl (C=O) groups excluding carboxylic acids is 1. The number of nitrogens with zero attached hydrogens (tertiary/aromatic N) is 2. The van der Waals surface area contributed by atoms with Crippen LogP contribution in [0.1, 0.15) is 23.7 Å². The molecule has 0 aliphatic carbocycles. The SMILES string of the molecule is CCCNc1ccc(C(=O)NN(C)C)cn1. The number of hydrogen-bond donors (Lipinski definition) is 2. The second kappa shape index (κ2) is 6.07. The van der Waals surface area contributed by atoms with Crippen molar-refractivity contribution >= 4 is 11.7 Å². The molecule has 88 valence electrons. The molecule has 0 aliphatic rings. The Morgan fingerprint density at radius 1 is 1.44 bits per heavy atom. The van der Waals surface area contributed by atoms with E-state index in [4.69, 9.17) is 0 Å². The number of rotatable bonds is 5. The predicted octanol–water partition coefficient (Wildman–Crippen LogP) is 1.11. The van der Waals surface area contributed by atoms with Gasteiger partial charge in [0.1, 0.15) is 5.82 Å². The second-order valence-electron chi connectivity index (χ2n) is 3.69. The largest absolute Gasteiger partial charge is 0.370 e. The number of carbonyl (C=O) groups is 1. The van der Waals surface area contributed by atoms with Gasteiger partial charge in [0.25, 0.3) is 5.91 Å². The van der Waals surface area contributed by atoms with Crippen LogP contribution in [0.25, 0.3) is 0 Å². The molecule has 2 N–H and O–H groups in total. The van der Waals surface area contributed by atoms with Crippen molar-refractivity contribution in [1.29, 1.82) is 0 Å².